The van der Waals surface area contributed by atoms with Gasteiger partial charge < -0.3 is 15.8 Å². The smallest absolute Gasteiger partial charge is 0.225 e. The zero-order valence-corrected chi connectivity index (χ0v) is 17.7. The number of halogens is 1. The predicted octanol–water partition coefficient (Wildman–Crippen LogP) is 4.37. The first kappa shape index (κ1) is 19.8. The van der Waals surface area contributed by atoms with E-state index in [1.807, 2.05) is 54.6 Å². The molecule has 5 rings (SSSR count). The Morgan fingerprint density at radius 3 is 2.77 bits per heavy atom. The van der Waals surface area contributed by atoms with Gasteiger partial charge in [0, 0.05) is 23.7 Å². The number of anilines is 2. The number of nitrogen functional groups attached to an aromatic ring is 1. The van der Waals surface area contributed by atoms with E-state index in [2.05, 4.69) is 10.3 Å². The summed E-state index contributed by atoms with van der Waals surface area (Å²) in [5, 5.41) is 9.36. The van der Waals surface area contributed by atoms with Crippen LogP contribution in [0.2, 0.25) is 5.02 Å². The third-order valence-corrected chi connectivity index (χ3v) is 5.66. The summed E-state index contributed by atoms with van der Waals surface area (Å²) in [6, 6.07) is 17.7. The van der Waals surface area contributed by atoms with E-state index < -0.39 is 0 Å². The predicted molar refractivity (Wildman–Crippen MR) is 123 cm³/mol. The van der Waals surface area contributed by atoms with Gasteiger partial charge in [0.2, 0.25) is 5.95 Å². The van der Waals surface area contributed by atoms with Gasteiger partial charge in [-0.2, -0.15) is 4.98 Å². The zero-order valence-electron chi connectivity index (χ0n) is 17.0. The number of nitrogens with two attached hydrogens (primary N) is 1. The maximum atomic E-state index is 6.53. The van der Waals surface area contributed by atoms with Crippen LogP contribution in [0, 0.1) is 0 Å². The molecular formula is C23H23ClN6O. The molecular weight excluding hydrogens is 412 g/mol. The molecule has 1 aliphatic rings. The molecule has 0 spiro atoms. The summed E-state index contributed by atoms with van der Waals surface area (Å²) in [7, 11) is 0. The van der Waals surface area contributed by atoms with Crippen LogP contribution in [0.5, 0.6) is 0 Å². The van der Waals surface area contributed by atoms with Crippen LogP contribution in [0.4, 0.5) is 11.8 Å². The quantitative estimate of drug-likeness (QED) is 0.468. The molecule has 0 bridgehead atoms. The van der Waals surface area contributed by atoms with Crippen LogP contribution >= 0.6 is 11.6 Å². The normalized spacial score (nSPS) is 16.1. The molecule has 2 aromatic heterocycles. The number of hydrogen-bond acceptors (Lipinski definition) is 6. The van der Waals surface area contributed by atoms with E-state index in [0.717, 1.165) is 36.0 Å². The number of benzene rings is 2. The van der Waals surface area contributed by atoms with E-state index in [9.17, 15) is 0 Å². The summed E-state index contributed by atoms with van der Waals surface area (Å²) in [5.41, 5.74) is 9.76. The van der Waals surface area contributed by atoms with E-state index in [4.69, 9.17) is 32.2 Å². The van der Waals surface area contributed by atoms with E-state index in [1.54, 1.807) is 4.68 Å². The lowest BCUT2D eigenvalue weighted by Gasteiger charge is -2.12. The lowest BCUT2D eigenvalue weighted by molar-refractivity contribution is 0.120. The van der Waals surface area contributed by atoms with E-state index in [-0.39, 0.29) is 6.10 Å². The van der Waals surface area contributed by atoms with Crippen molar-refractivity contribution in [2.75, 3.05) is 24.2 Å². The van der Waals surface area contributed by atoms with E-state index in [0.29, 0.717) is 41.2 Å². The number of fused-ring (bicyclic) bond motifs is 1. The fourth-order valence-electron chi connectivity index (χ4n) is 3.87. The number of aromatic nitrogens is 4. The van der Waals surface area contributed by atoms with Gasteiger partial charge in [-0.25, -0.2) is 9.67 Å². The Morgan fingerprint density at radius 1 is 1.13 bits per heavy atom. The number of nitrogens with one attached hydrogen (secondary N) is 1. The van der Waals surface area contributed by atoms with Crippen molar-refractivity contribution in [2.45, 2.75) is 25.5 Å². The topological polar surface area (TPSA) is 90.9 Å². The summed E-state index contributed by atoms with van der Waals surface area (Å²) in [6.45, 7) is 2.01. The summed E-state index contributed by atoms with van der Waals surface area (Å²) in [6.07, 6.45) is 2.30. The largest absolute Gasteiger partial charge is 0.383 e. The molecule has 3 N–H and O–H groups in total. The Kier molecular flexibility index (Phi) is 5.44. The third-order valence-electron chi connectivity index (χ3n) is 5.42. The van der Waals surface area contributed by atoms with Crippen molar-refractivity contribution in [3.63, 3.8) is 0 Å². The molecule has 7 nitrogen and oxygen atoms in total. The minimum absolute atomic E-state index is 0.176. The Morgan fingerprint density at radius 2 is 2.00 bits per heavy atom. The molecule has 0 unspecified atom stereocenters. The van der Waals surface area contributed by atoms with Crippen LogP contribution < -0.4 is 11.1 Å². The Labute approximate surface area is 185 Å². The minimum Gasteiger partial charge on any atom is -0.383 e. The van der Waals surface area contributed by atoms with Gasteiger partial charge in [-0.1, -0.05) is 54.1 Å². The highest BCUT2D eigenvalue weighted by Crippen LogP contribution is 2.33. The second-order valence-corrected chi connectivity index (χ2v) is 8.09. The first-order valence-corrected chi connectivity index (χ1v) is 10.7. The van der Waals surface area contributed by atoms with E-state index >= 15 is 0 Å². The number of ether oxygens (including phenoxy) is 1. The van der Waals surface area contributed by atoms with Crippen molar-refractivity contribution >= 4 is 34.4 Å². The molecule has 3 heterocycles. The highest BCUT2D eigenvalue weighted by molar-refractivity contribution is 6.30. The highest BCUT2D eigenvalue weighted by Gasteiger charge is 2.20. The Bertz CT molecular complexity index is 1200. The monoisotopic (exact) mass is 434 g/mol. The van der Waals surface area contributed by atoms with Crippen molar-refractivity contribution in [3.05, 3.63) is 65.2 Å². The van der Waals surface area contributed by atoms with Crippen molar-refractivity contribution < 1.29 is 4.74 Å². The molecule has 0 aliphatic carbocycles. The number of hydrogen-bond donors (Lipinski definition) is 2. The molecule has 1 aliphatic heterocycles. The first-order valence-electron chi connectivity index (χ1n) is 10.4. The molecule has 1 fully saturated rings. The van der Waals surface area contributed by atoms with Crippen molar-refractivity contribution in [1.29, 1.82) is 0 Å². The van der Waals surface area contributed by atoms with Crippen molar-refractivity contribution in [1.82, 2.24) is 19.7 Å². The summed E-state index contributed by atoms with van der Waals surface area (Å²) < 4.78 is 7.48. The SMILES string of the molecule is Nc1c2c(-c3cccc(Cl)c3)nc(NC[C@H]3CCCO3)nc2nn1Cc1ccccc1. The van der Waals surface area contributed by atoms with Crippen molar-refractivity contribution in [3.8, 4) is 11.3 Å². The minimum atomic E-state index is 0.176. The second kappa shape index (κ2) is 8.53. The average molecular weight is 435 g/mol. The van der Waals surface area contributed by atoms with Crippen LogP contribution in [0.1, 0.15) is 18.4 Å². The molecule has 0 radical (unpaired) electrons. The Balaban J connectivity index is 1.58. The van der Waals surface area contributed by atoms with Gasteiger partial charge in [-0.3, -0.25) is 0 Å². The lowest BCUT2D eigenvalue weighted by Crippen LogP contribution is -2.19. The van der Waals surface area contributed by atoms with Gasteiger partial charge in [0.1, 0.15) is 5.82 Å². The lowest BCUT2D eigenvalue weighted by atomic mass is 10.1. The Hall–Kier alpha value is -3.16. The van der Waals surface area contributed by atoms with Gasteiger partial charge in [0.05, 0.1) is 23.7 Å². The molecule has 158 valence electrons. The fourth-order valence-corrected chi connectivity index (χ4v) is 4.06. The highest BCUT2D eigenvalue weighted by atomic mass is 35.5. The third kappa shape index (κ3) is 4.19. The molecule has 1 saturated heterocycles. The molecule has 1 atom stereocenters. The summed E-state index contributed by atoms with van der Waals surface area (Å²) in [4.78, 5) is 9.43. The first-order chi connectivity index (χ1) is 15.2. The molecule has 8 heteroatoms. The summed E-state index contributed by atoms with van der Waals surface area (Å²) in [5.74, 6) is 1.03. The fraction of sp³-hybridized carbons (Fsp3) is 0.261. The van der Waals surface area contributed by atoms with Gasteiger partial charge in [0.25, 0.3) is 0 Å². The number of nitrogens with zero attached hydrogens (tertiary/aromatic N) is 4. The van der Waals surface area contributed by atoms with E-state index in [1.165, 1.54) is 0 Å². The average Bonchev–Trinajstić information content (AvgIpc) is 3.41. The maximum Gasteiger partial charge on any atom is 0.225 e. The molecule has 0 saturated carbocycles. The van der Waals surface area contributed by atoms with Gasteiger partial charge >= 0.3 is 0 Å². The molecule has 2 aromatic carbocycles. The molecule has 0 amide bonds. The maximum absolute atomic E-state index is 6.53. The molecule has 4 aromatic rings. The van der Waals surface area contributed by atoms with Gasteiger partial charge in [-0.05, 0) is 30.5 Å². The second-order valence-electron chi connectivity index (χ2n) is 7.65. The van der Waals surface area contributed by atoms with Crippen molar-refractivity contribution in [2.24, 2.45) is 0 Å². The van der Waals surface area contributed by atoms with Crippen LogP contribution in [0.3, 0.4) is 0 Å². The number of rotatable bonds is 6. The van der Waals surface area contributed by atoms with Crippen LogP contribution in [0.15, 0.2) is 54.6 Å². The molecule has 31 heavy (non-hydrogen) atoms. The van der Waals surface area contributed by atoms with Gasteiger partial charge in [0.15, 0.2) is 5.65 Å². The van der Waals surface area contributed by atoms with Crippen LogP contribution in [-0.4, -0.2) is 39.0 Å². The van der Waals surface area contributed by atoms with Gasteiger partial charge in [-0.15, -0.1) is 5.10 Å². The van der Waals surface area contributed by atoms with Crippen LogP contribution in [-0.2, 0) is 11.3 Å². The zero-order chi connectivity index (χ0) is 21.2. The summed E-state index contributed by atoms with van der Waals surface area (Å²) >= 11 is 6.26. The standard InChI is InChI=1S/C23H23ClN6O/c24-17-9-4-8-16(12-17)20-19-21(25)30(14-15-6-2-1-3-7-15)29-22(19)28-23(27-20)26-13-18-10-5-11-31-18/h1-4,6-9,12,18H,5,10-11,13-14,25H2,(H,26,28,29)/t18-/m1/s1. The van der Waals surface area contributed by atoms with Crippen LogP contribution in [0.25, 0.3) is 22.3 Å².